The highest BCUT2D eigenvalue weighted by molar-refractivity contribution is 5.94. The zero-order valence-corrected chi connectivity index (χ0v) is 21.3. The van der Waals surface area contributed by atoms with Gasteiger partial charge in [0, 0.05) is 24.7 Å². The predicted molar refractivity (Wildman–Crippen MR) is 141 cm³/mol. The molecule has 0 spiro atoms. The van der Waals surface area contributed by atoms with Gasteiger partial charge in [0.2, 0.25) is 17.7 Å². The van der Waals surface area contributed by atoms with Crippen molar-refractivity contribution in [1.82, 2.24) is 25.9 Å². The SMILES string of the molecule is CC(NC(=O)C(Cc1ccccc1)NC(=O)C(Cc1cnc[nH]1)NC(=O)C(N)Cc1ccc(O)cc1)C(=O)O. The highest BCUT2D eigenvalue weighted by Crippen LogP contribution is 2.11. The van der Waals surface area contributed by atoms with Gasteiger partial charge in [0.1, 0.15) is 23.9 Å². The second-order valence-electron chi connectivity index (χ2n) is 9.14. The number of aromatic nitrogens is 2. The predicted octanol–water partition coefficient (Wildman–Crippen LogP) is 0.0294. The van der Waals surface area contributed by atoms with Crippen molar-refractivity contribution in [1.29, 1.82) is 0 Å². The van der Waals surface area contributed by atoms with E-state index in [2.05, 4.69) is 25.9 Å². The number of rotatable bonds is 13. The number of aliphatic carboxylic acids is 1. The molecule has 206 valence electrons. The van der Waals surface area contributed by atoms with E-state index in [1.165, 1.54) is 31.6 Å². The van der Waals surface area contributed by atoms with Crippen LogP contribution in [-0.4, -0.2) is 68.0 Å². The number of nitrogens with two attached hydrogens (primary N) is 1. The van der Waals surface area contributed by atoms with Gasteiger partial charge in [0.15, 0.2) is 0 Å². The minimum Gasteiger partial charge on any atom is -0.508 e. The molecule has 3 aromatic rings. The standard InChI is InChI=1S/C27H32N6O6/c1-16(27(38)39)31-25(36)22(12-17-5-3-2-4-6-17)33-26(37)23(13-19-14-29-15-30-19)32-24(35)21(28)11-18-7-9-20(34)10-8-18/h2-10,14-16,21-23,34H,11-13,28H2,1H3,(H,29,30)(H,31,36)(H,32,35)(H,33,37)(H,38,39). The van der Waals surface area contributed by atoms with Gasteiger partial charge in [0.05, 0.1) is 12.4 Å². The summed E-state index contributed by atoms with van der Waals surface area (Å²) in [6.45, 7) is 1.32. The summed E-state index contributed by atoms with van der Waals surface area (Å²) in [6.07, 6.45) is 3.23. The third kappa shape index (κ3) is 8.97. The lowest BCUT2D eigenvalue weighted by molar-refractivity contribution is -0.141. The Balaban J connectivity index is 1.76. The molecule has 12 nitrogen and oxygen atoms in total. The number of phenolic OH excluding ortho intramolecular Hbond substituents is 1. The summed E-state index contributed by atoms with van der Waals surface area (Å²) < 4.78 is 0. The Hall–Kier alpha value is -4.71. The lowest BCUT2D eigenvalue weighted by atomic mass is 10.0. The van der Waals surface area contributed by atoms with E-state index in [0.29, 0.717) is 5.69 Å². The molecule has 2 aromatic carbocycles. The van der Waals surface area contributed by atoms with Gasteiger partial charge in [-0.3, -0.25) is 19.2 Å². The van der Waals surface area contributed by atoms with Crippen LogP contribution in [-0.2, 0) is 38.4 Å². The van der Waals surface area contributed by atoms with Crippen molar-refractivity contribution < 1.29 is 29.4 Å². The molecule has 0 bridgehead atoms. The topological polar surface area (TPSA) is 200 Å². The molecule has 4 unspecified atom stereocenters. The van der Waals surface area contributed by atoms with Crippen molar-refractivity contribution in [2.75, 3.05) is 0 Å². The van der Waals surface area contributed by atoms with E-state index >= 15 is 0 Å². The molecular formula is C27H32N6O6. The number of aromatic hydroxyl groups is 1. The minimum atomic E-state index is -1.22. The molecule has 0 aliphatic heterocycles. The average Bonchev–Trinajstić information content (AvgIpc) is 3.42. The van der Waals surface area contributed by atoms with Gasteiger partial charge in [-0.1, -0.05) is 42.5 Å². The number of phenols is 1. The molecular weight excluding hydrogens is 504 g/mol. The molecule has 1 heterocycles. The maximum absolute atomic E-state index is 13.4. The van der Waals surface area contributed by atoms with Gasteiger partial charge in [-0.05, 0) is 36.6 Å². The van der Waals surface area contributed by atoms with E-state index in [-0.39, 0.29) is 25.0 Å². The summed E-state index contributed by atoms with van der Waals surface area (Å²) in [7, 11) is 0. The molecule has 1 aromatic heterocycles. The third-order valence-corrected chi connectivity index (χ3v) is 5.99. The number of amides is 3. The Kier molecular flexibility index (Phi) is 10.2. The zero-order chi connectivity index (χ0) is 28.4. The Morgan fingerprint density at radius 2 is 1.44 bits per heavy atom. The molecule has 0 saturated carbocycles. The van der Waals surface area contributed by atoms with Crippen LogP contribution < -0.4 is 21.7 Å². The first-order valence-electron chi connectivity index (χ1n) is 12.3. The Bertz CT molecular complexity index is 1250. The van der Waals surface area contributed by atoms with Crippen LogP contribution >= 0.6 is 0 Å². The third-order valence-electron chi connectivity index (χ3n) is 5.99. The van der Waals surface area contributed by atoms with Gasteiger partial charge in [-0.25, -0.2) is 4.98 Å². The molecule has 12 heteroatoms. The van der Waals surface area contributed by atoms with Crippen LogP contribution in [0.1, 0.15) is 23.7 Å². The van der Waals surface area contributed by atoms with Crippen LogP contribution in [0.4, 0.5) is 0 Å². The number of carboxylic acid groups (broad SMARTS) is 1. The van der Waals surface area contributed by atoms with Crippen LogP contribution in [0.25, 0.3) is 0 Å². The molecule has 0 radical (unpaired) electrons. The number of carboxylic acids is 1. The number of hydrogen-bond acceptors (Lipinski definition) is 7. The van der Waals surface area contributed by atoms with Gasteiger partial charge < -0.3 is 36.9 Å². The van der Waals surface area contributed by atoms with Gasteiger partial charge >= 0.3 is 5.97 Å². The number of hydrogen-bond donors (Lipinski definition) is 7. The summed E-state index contributed by atoms with van der Waals surface area (Å²) in [5, 5.41) is 26.4. The maximum atomic E-state index is 13.4. The highest BCUT2D eigenvalue weighted by atomic mass is 16.4. The molecule has 0 aliphatic carbocycles. The first-order chi connectivity index (χ1) is 18.6. The second kappa shape index (κ2) is 13.7. The fourth-order valence-corrected chi connectivity index (χ4v) is 3.79. The number of carbonyl (C=O) groups excluding carboxylic acids is 3. The van der Waals surface area contributed by atoms with Crippen LogP contribution in [0, 0.1) is 0 Å². The smallest absolute Gasteiger partial charge is 0.325 e. The van der Waals surface area contributed by atoms with E-state index in [4.69, 9.17) is 5.73 Å². The fraction of sp³-hybridized carbons (Fsp3) is 0.296. The Morgan fingerprint density at radius 3 is 2.05 bits per heavy atom. The van der Waals surface area contributed by atoms with Gasteiger partial charge in [-0.2, -0.15) is 0 Å². The number of H-pyrrole nitrogens is 1. The van der Waals surface area contributed by atoms with E-state index in [9.17, 15) is 29.4 Å². The summed E-state index contributed by atoms with van der Waals surface area (Å²) in [5.74, 6) is -3.07. The number of benzene rings is 2. The van der Waals surface area contributed by atoms with Gasteiger partial charge in [-0.15, -0.1) is 0 Å². The van der Waals surface area contributed by atoms with Crippen LogP contribution in [0.5, 0.6) is 5.75 Å². The Morgan fingerprint density at radius 1 is 0.846 bits per heavy atom. The summed E-state index contributed by atoms with van der Waals surface area (Å²) in [6, 6.07) is 10.8. The van der Waals surface area contributed by atoms with Crippen molar-refractivity contribution >= 4 is 23.7 Å². The highest BCUT2D eigenvalue weighted by Gasteiger charge is 2.30. The second-order valence-corrected chi connectivity index (χ2v) is 9.14. The van der Waals surface area contributed by atoms with Crippen molar-refractivity contribution in [3.63, 3.8) is 0 Å². The van der Waals surface area contributed by atoms with E-state index in [1.807, 2.05) is 0 Å². The number of carbonyl (C=O) groups is 4. The average molecular weight is 537 g/mol. The minimum absolute atomic E-state index is 0.0364. The van der Waals surface area contributed by atoms with Crippen molar-refractivity contribution in [2.45, 2.75) is 50.4 Å². The first-order valence-corrected chi connectivity index (χ1v) is 12.3. The number of imidazole rings is 1. The lowest BCUT2D eigenvalue weighted by Gasteiger charge is -2.25. The molecule has 3 rings (SSSR count). The molecule has 4 atom stereocenters. The first kappa shape index (κ1) is 28.9. The zero-order valence-electron chi connectivity index (χ0n) is 21.3. The summed E-state index contributed by atoms with van der Waals surface area (Å²) in [5.41, 5.74) is 8.12. The van der Waals surface area contributed by atoms with E-state index in [1.54, 1.807) is 42.5 Å². The van der Waals surface area contributed by atoms with Crippen LogP contribution in [0.15, 0.2) is 67.1 Å². The molecule has 0 aliphatic rings. The molecule has 8 N–H and O–H groups in total. The number of nitrogens with zero attached hydrogens (tertiary/aromatic N) is 1. The largest absolute Gasteiger partial charge is 0.508 e. The van der Waals surface area contributed by atoms with Crippen LogP contribution in [0.3, 0.4) is 0 Å². The van der Waals surface area contributed by atoms with Crippen molar-refractivity contribution in [3.8, 4) is 5.75 Å². The fourth-order valence-electron chi connectivity index (χ4n) is 3.79. The molecule has 0 fully saturated rings. The maximum Gasteiger partial charge on any atom is 0.325 e. The van der Waals surface area contributed by atoms with E-state index in [0.717, 1.165) is 11.1 Å². The van der Waals surface area contributed by atoms with Crippen molar-refractivity contribution in [3.05, 3.63) is 83.9 Å². The van der Waals surface area contributed by atoms with Gasteiger partial charge in [0.25, 0.3) is 0 Å². The van der Waals surface area contributed by atoms with Crippen molar-refractivity contribution in [2.24, 2.45) is 5.73 Å². The number of aromatic amines is 1. The Labute approximate surface area is 225 Å². The number of nitrogens with one attached hydrogen (secondary N) is 4. The molecule has 39 heavy (non-hydrogen) atoms. The van der Waals surface area contributed by atoms with E-state index < -0.39 is 47.9 Å². The quantitative estimate of drug-likeness (QED) is 0.159. The molecule has 0 saturated heterocycles. The summed E-state index contributed by atoms with van der Waals surface area (Å²) in [4.78, 5) is 57.4. The molecule has 3 amide bonds. The summed E-state index contributed by atoms with van der Waals surface area (Å²) >= 11 is 0. The lowest BCUT2D eigenvalue weighted by Crippen LogP contribution is -2.58. The van der Waals surface area contributed by atoms with Crippen LogP contribution in [0.2, 0.25) is 0 Å². The monoisotopic (exact) mass is 536 g/mol. The normalized spacial score (nSPS) is 13.9.